The molecule has 0 rings (SSSR count). The molecule has 0 aromatic heterocycles. The molecule has 7 nitrogen and oxygen atoms in total. The van der Waals surface area contributed by atoms with Crippen LogP contribution in [0.3, 0.4) is 0 Å². The van der Waals surface area contributed by atoms with Crippen molar-refractivity contribution in [2.45, 2.75) is 6.92 Å². The Bertz CT molecular complexity index is 335. The summed E-state index contributed by atoms with van der Waals surface area (Å²) in [7, 11) is -7.10. The monoisotopic (exact) mass is 256 g/mol. The minimum absolute atomic E-state index is 0. The first-order valence-electron chi connectivity index (χ1n) is 3.03. The Hall–Kier alpha value is 0.330. The second kappa shape index (κ2) is 7.60. The standard InChI is InChI=1S/C4H8O7S2.Na.H/c1-4(5)11-13(8,9)3-2-10-12(6)7;;/h12H,2-3H2,1H3;;. The van der Waals surface area contributed by atoms with Crippen LogP contribution in [0.25, 0.3) is 0 Å². The molecule has 0 unspecified atom stereocenters. The normalized spacial score (nSPS) is 10.7. The summed E-state index contributed by atoms with van der Waals surface area (Å²) in [6.07, 6.45) is 0. The molecule has 14 heavy (non-hydrogen) atoms. The van der Waals surface area contributed by atoms with Gasteiger partial charge >= 0.3 is 45.6 Å². The summed E-state index contributed by atoms with van der Waals surface area (Å²) < 4.78 is 48.9. The fraction of sp³-hybridized carbons (Fsp3) is 0.750. The SMILES string of the molecule is CC(=O)OS(=O)(=O)CCO[SH](=O)=O.[NaH]. The Labute approximate surface area is 105 Å². The molecule has 0 aromatic carbocycles. The zero-order chi connectivity index (χ0) is 10.5. The molecule has 0 aromatic rings. The summed E-state index contributed by atoms with van der Waals surface area (Å²) in [4.78, 5) is 10.2. The van der Waals surface area contributed by atoms with Gasteiger partial charge in [0.25, 0.3) is 11.0 Å². The van der Waals surface area contributed by atoms with E-state index in [1.807, 2.05) is 0 Å². The van der Waals surface area contributed by atoms with E-state index in [9.17, 15) is 21.6 Å². The van der Waals surface area contributed by atoms with Crippen molar-refractivity contribution in [2.75, 3.05) is 12.4 Å². The third kappa shape index (κ3) is 10.4. The zero-order valence-electron chi connectivity index (χ0n) is 6.63. The van der Waals surface area contributed by atoms with Gasteiger partial charge in [0, 0.05) is 6.92 Å². The van der Waals surface area contributed by atoms with Crippen LogP contribution in [0, 0.1) is 0 Å². The third-order valence-corrected chi connectivity index (χ3v) is 2.32. The van der Waals surface area contributed by atoms with Gasteiger partial charge in [-0.3, -0.25) is 8.98 Å². The van der Waals surface area contributed by atoms with E-state index in [4.69, 9.17) is 0 Å². The molecule has 0 amide bonds. The summed E-state index contributed by atoms with van der Waals surface area (Å²) in [5.41, 5.74) is 0. The fourth-order valence-corrected chi connectivity index (χ4v) is 1.53. The van der Waals surface area contributed by atoms with E-state index in [-0.39, 0.29) is 29.6 Å². The summed E-state index contributed by atoms with van der Waals surface area (Å²) >= 11 is 0. The minimum atomic E-state index is -4.02. The van der Waals surface area contributed by atoms with E-state index in [2.05, 4.69) is 8.37 Å². The van der Waals surface area contributed by atoms with E-state index in [1.165, 1.54) is 0 Å². The molecule has 0 fully saturated rings. The van der Waals surface area contributed by atoms with E-state index < -0.39 is 39.4 Å². The predicted molar refractivity (Wildman–Crippen MR) is 49.0 cm³/mol. The molecule has 0 saturated heterocycles. The van der Waals surface area contributed by atoms with Crippen LogP contribution in [-0.4, -0.2) is 64.7 Å². The van der Waals surface area contributed by atoms with Gasteiger partial charge in [0.15, 0.2) is 0 Å². The number of carbonyl (C=O) groups excluding carboxylic acids is 1. The Morgan fingerprint density at radius 1 is 1.36 bits per heavy atom. The van der Waals surface area contributed by atoms with Crippen molar-refractivity contribution in [2.24, 2.45) is 0 Å². The van der Waals surface area contributed by atoms with Crippen LogP contribution in [0.2, 0.25) is 0 Å². The van der Waals surface area contributed by atoms with Gasteiger partial charge < -0.3 is 4.18 Å². The van der Waals surface area contributed by atoms with Crippen molar-refractivity contribution >= 4 is 56.6 Å². The van der Waals surface area contributed by atoms with E-state index in [0.717, 1.165) is 6.92 Å². The Balaban J connectivity index is 0. The summed E-state index contributed by atoms with van der Waals surface area (Å²) in [5.74, 6) is -1.66. The Kier molecular flexibility index (Phi) is 9.09. The number of hydrogen-bond acceptors (Lipinski definition) is 7. The molecular weight excluding hydrogens is 247 g/mol. The third-order valence-electron chi connectivity index (χ3n) is 0.774. The molecule has 0 aliphatic heterocycles. The molecule has 10 heteroatoms. The van der Waals surface area contributed by atoms with Crippen LogP contribution in [0.1, 0.15) is 6.92 Å². The van der Waals surface area contributed by atoms with Crippen molar-refractivity contribution in [3.63, 3.8) is 0 Å². The zero-order valence-corrected chi connectivity index (χ0v) is 8.34. The predicted octanol–water partition coefficient (Wildman–Crippen LogP) is -2.23. The molecule has 0 aliphatic carbocycles. The molecule has 0 heterocycles. The van der Waals surface area contributed by atoms with Crippen LogP contribution in [0.4, 0.5) is 0 Å². The van der Waals surface area contributed by atoms with Gasteiger partial charge in [-0.05, 0) is 0 Å². The topological polar surface area (TPSA) is 104 Å². The fourth-order valence-electron chi connectivity index (χ4n) is 0.434. The summed E-state index contributed by atoms with van der Waals surface area (Å²) in [5, 5.41) is 0. The van der Waals surface area contributed by atoms with Gasteiger partial charge in [0.1, 0.15) is 5.75 Å². The van der Waals surface area contributed by atoms with Crippen molar-refractivity contribution in [1.29, 1.82) is 0 Å². The first-order valence-corrected chi connectivity index (χ1v) is 5.71. The van der Waals surface area contributed by atoms with Gasteiger partial charge in [-0.1, -0.05) is 0 Å². The van der Waals surface area contributed by atoms with Crippen LogP contribution < -0.4 is 0 Å². The molecular formula is C4H9NaO7S2. The van der Waals surface area contributed by atoms with E-state index in [0.29, 0.717) is 0 Å². The molecule has 0 spiro atoms. The second-order valence-electron chi connectivity index (χ2n) is 1.89. The van der Waals surface area contributed by atoms with Crippen LogP contribution in [0.5, 0.6) is 0 Å². The molecule has 0 radical (unpaired) electrons. The summed E-state index contributed by atoms with van der Waals surface area (Å²) in [6, 6.07) is 0. The first-order chi connectivity index (χ1) is 5.83. The van der Waals surface area contributed by atoms with Gasteiger partial charge in [-0.15, -0.1) is 0 Å². The number of thiol groups is 1. The van der Waals surface area contributed by atoms with E-state index >= 15 is 0 Å². The Morgan fingerprint density at radius 3 is 2.21 bits per heavy atom. The number of rotatable bonds is 5. The van der Waals surface area contributed by atoms with Gasteiger partial charge in [-0.2, -0.15) is 8.42 Å². The number of hydrogen-bond donors (Lipinski definition) is 1. The maximum atomic E-state index is 10.7. The molecule has 0 saturated carbocycles. The first kappa shape index (κ1) is 16.7. The van der Waals surface area contributed by atoms with Crippen molar-refractivity contribution < 1.29 is 30.0 Å². The number of carbonyl (C=O) groups is 1. The van der Waals surface area contributed by atoms with Crippen molar-refractivity contribution in [3.05, 3.63) is 0 Å². The molecule has 0 bridgehead atoms. The quantitative estimate of drug-likeness (QED) is 0.337. The second-order valence-corrected chi connectivity index (χ2v) is 4.29. The van der Waals surface area contributed by atoms with Crippen LogP contribution >= 0.6 is 0 Å². The molecule has 0 N–H and O–H groups in total. The molecule has 0 aliphatic rings. The van der Waals surface area contributed by atoms with E-state index in [1.54, 1.807) is 0 Å². The average molecular weight is 256 g/mol. The summed E-state index contributed by atoms with van der Waals surface area (Å²) in [6.45, 7) is 0.362. The van der Waals surface area contributed by atoms with Crippen LogP contribution in [-0.2, 0) is 34.3 Å². The van der Waals surface area contributed by atoms with Gasteiger partial charge in [0.2, 0.25) is 0 Å². The van der Waals surface area contributed by atoms with Crippen LogP contribution in [0.15, 0.2) is 0 Å². The molecule has 80 valence electrons. The molecule has 0 atom stereocenters. The van der Waals surface area contributed by atoms with Crippen molar-refractivity contribution in [3.8, 4) is 0 Å². The van der Waals surface area contributed by atoms with Gasteiger partial charge in [-0.25, -0.2) is 8.42 Å². The maximum absolute atomic E-state index is 10.7. The van der Waals surface area contributed by atoms with Crippen molar-refractivity contribution in [1.82, 2.24) is 0 Å². The average Bonchev–Trinajstić information content (AvgIpc) is 1.81. The van der Waals surface area contributed by atoms with Gasteiger partial charge in [0.05, 0.1) is 6.61 Å². The Morgan fingerprint density at radius 2 is 1.86 bits per heavy atom.